The summed E-state index contributed by atoms with van der Waals surface area (Å²) in [6.45, 7) is 0. The summed E-state index contributed by atoms with van der Waals surface area (Å²) in [4.78, 5) is 26.1. The number of pyridine rings is 1. The molecule has 0 radical (unpaired) electrons. The molecule has 10 heteroatoms. The fourth-order valence-electron chi connectivity index (χ4n) is 1.72. The monoisotopic (exact) mass is 357 g/mol. The smallest absolute Gasteiger partial charge is 0.322 e. The van der Waals surface area contributed by atoms with Gasteiger partial charge >= 0.3 is 6.18 Å². The van der Waals surface area contributed by atoms with Crippen molar-refractivity contribution in [3.05, 3.63) is 58.3 Å². The predicted molar refractivity (Wildman–Crippen MR) is 82.1 cm³/mol. The minimum Gasteiger partial charge on any atom is -0.322 e. The van der Waals surface area contributed by atoms with E-state index in [2.05, 4.69) is 10.3 Å². The third kappa shape index (κ3) is 4.95. The van der Waals surface area contributed by atoms with Crippen LogP contribution in [0.25, 0.3) is 0 Å². The zero-order valence-corrected chi connectivity index (χ0v) is 12.7. The van der Waals surface area contributed by atoms with Crippen molar-refractivity contribution in [1.29, 1.82) is 0 Å². The number of rotatable bonds is 5. The van der Waals surface area contributed by atoms with Crippen LogP contribution in [0.5, 0.6) is 0 Å². The number of carbonyl (C=O) groups excluding carboxylic acids is 1. The number of alkyl halides is 3. The fraction of sp³-hybridized carbons (Fsp3) is 0.143. The lowest BCUT2D eigenvalue weighted by atomic mass is 10.2. The van der Waals surface area contributed by atoms with Gasteiger partial charge in [-0.15, -0.1) is 0 Å². The van der Waals surface area contributed by atoms with Crippen molar-refractivity contribution in [2.45, 2.75) is 11.2 Å². The number of amides is 1. The Morgan fingerprint density at radius 1 is 1.29 bits per heavy atom. The summed E-state index contributed by atoms with van der Waals surface area (Å²) in [5.74, 6) is -1.88. The van der Waals surface area contributed by atoms with Crippen LogP contribution >= 0.6 is 11.8 Å². The lowest BCUT2D eigenvalue weighted by molar-refractivity contribution is -0.384. The molecule has 1 aromatic heterocycles. The van der Waals surface area contributed by atoms with Gasteiger partial charge in [0.25, 0.3) is 11.6 Å². The van der Waals surface area contributed by atoms with E-state index >= 15 is 0 Å². The van der Waals surface area contributed by atoms with Crippen LogP contribution in [0.4, 0.5) is 24.5 Å². The van der Waals surface area contributed by atoms with Gasteiger partial charge in [0.15, 0.2) is 0 Å². The first kappa shape index (κ1) is 17.7. The minimum absolute atomic E-state index is 0.0433. The first-order valence-corrected chi connectivity index (χ1v) is 7.45. The molecule has 0 aliphatic carbocycles. The summed E-state index contributed by atoms with van der Waals surface area (Å²) >= 11 is 0.396. The van der Waals surface area contributed by atoms with Gasteiger partial charge in [0.2, 0.25) is 0 Å². The summed E-state index contributed by atoms with van der Waals surface area (Å²) in [6, 6.07) is 7.97. The van der Waals surface area contributed by atoms with Crippen LogP contribution in [0, 0.1) is 10.1 Å². The van der Waals surface area contributed by atoms with Crippen molar-refractivity contribution in [2.24, 2.45) is 0 Å². The van der Waals surface area contributed by atoms with Crippen molar-refractivity contribution in [2.75, 3.05) is 11.1 Å². The Morgan fingerprint density at radius 2 is 2.04 bits per heavy atom. The maximum absolute atomic E-state index is 12.3. The summed E-state index contributed by atoms with van der Waals surface area (Å²) in [5.41, 5.74) is -0.103. The molecule has 0 aliphatic rings. The molecule has 0 unspecified atom stereocenters. The van der Waals surface area contributed by atoms with E-state index < -0.39 is 22.8 Å². The molecule has 1 N–H and O–H groups in total. The third-order valence-electron chi connectivity index (χ3n) is 2.70. The average molecular weight is 357 g/mol. The van der Waals surface area contributed by atoms with Gasteiger partial charge in [0, 0.05) is 24.0 Å². The van der Waals surface area contributed by atoms with E-state index in [9.17, 15) is 28.1 Å². The molecule has 0 saturated heterocycles. The standard InChI is InChI=1S/C14H10F3N3O3S/c15-14(16,17)8-24-13-11(5-2-6-18-13)12(21)19-9-3-1-4-10(7-9)20(22)23/h1-7H,8H2,(H,19,21). The molecule has 0 bridgehead atoms. The zero-order valence-electron chi connectivity index (χ0n) is 11.9. The van der Waals surface area contributed by atoms with Crippen LogP contribution in [0.15, 0.2) is 47.6 Å². The normalized spacial score (nSPS) is 11.1. The van der Waals surface area contributed by atoms with Crippen molar-refractivity contribution in [3.63, 3.8) is 0 Å². The Labute approximate surface area is 138 Å². The Morgan fingerprint density at radius 3 is 2.71 bits per heavy atom. The van der Waals surface area contributed by atoms with E-state index in [0.29, 0.717) is 11.8 Å². The lowest BCUT2D eigenvalue weighted by Gasteiger charge is -2.10. The van der Waals surface area contributed by atoms with E-state index in [-0.39, 0.29) is 22.0 Å². The molecular weight excluding hydrogens is 347 g/mol. The van der Waals surface area contributed by atoms with Crippen LogP contribution in [0.1, 0.15) is 10.4 Å². The number of non-ortho nitro benzene ring substituents is 1. The number of halogens is 3. The maximum Gasteiger partial charge on any atom is 0.398 e. The maximum atomic E-state index is 12.3. The molecule has 0 saturated carbocycles. The Kier molecular flexibility index (Phi) is 5.39. The number of nitrogens with zero attached hydrogens (tertiary/aromatic N) is 2. The summed E-state index contributed by atoms with van der Waals surface area (Å²) in [5, 5.41) is 13.1. The summed E-state index contributed by atoms with van der Waals surface area (Å²) in [7, 11) is 0. The molecule has 6 nitrogen and oxygen atoms in total. The second kappa shape index (κ2) is 7.30. The molecule has 2 rings (SSSR count). The van der Waals surface area contributed by atoms with Gasteiger partial charge in [-0.3, -0.25) is 14.9 Å². The van der Waals surface area contributed by atoms with Crippen molar-refractivity contribution < 1.29 is 22.9 Å². The molecule has 2 aromatic rings. The van der Waals surface area contributed by atoms with Gasteiger partial charge in [0.1, 0.15) is 5.03 Å². The third-order valence-corrected chi connectivity index (χ3v) is 3.77. The summed E-state index contributed by atoms with van der Waals surface area (Å²) in [6.07, 6.45) is -3.11. The largest absolute Gasteiger partial charge is 0.398 e. The first-order chi connectivity index (χ1) is 11.3. The number of nitro benzene ring substituents is 1. The molecule has 0 spiro atoms. The number of thioether (sulfide) groups is 1. The number of carbonyl (C=O) groups is 1. The van der Waals surface area contributed by atoms with E-state index in [1.165, 1.54) is 36.5 Å². The molecule has 126 valence electrons. The summed E-state index contributed by atoms with van der Waals surface area (Å²) < 4.78 is 37.0. The average Bonchev–Trinajstić information content (AvgIpc) is 2.52. The number of nitro groups is 1. The lowest BCUT2D eigenvalue weighted by Crippen LogP contribution is -2.15. The highest BCUT2D eigenvalue weighted by atomic mass is 32.2. The quantitative estimate of drug-likeness (QED) is 0.498. The topological polar surface area (TPSA) is 85.1 Å². The van der Waals surface area contributed by atoms with Crippen LogP contribution in [0.3, 0.4) is 0 Å². The Bertz CT molecular complexity index is 768. The SMILES string of the molecule is O=C(Nc1cccc([N+](=O)[O-])c1)c1cccnc1SCC(F)(F)F. The molecule has 0 aliphatic heterocycles. The van der Waals surface area contributed by atoms with E-state index in [1.54, 1.807) is 0 Å². The number of benzene rings is 1. The molecule has 1 amide bonds. The van der Waals surface area contributed by atoms with Crippen molar-refractivity contribution in [1.82, 2.24) is 4.98 Å². The second-order valence-electron chi connectivity index (χ2n) is 4.52. The van der Waals surface area contributed by atoms with Gasteiger partial charge in [-0.25, -0.2) is 4.98 Å². The van der Waals surface area contributed by atoms with Crippen LogP contribution in [0.2, 0.25) is 0 Å². The van der Waals surface area contributed by atoms with Crippen LogP contribution in [-0.2, 0) is 0 Å². The minimum atomic E-state index is -4.39. The van der Waals surface area contributed by atoms with E-state index in [0.717, 1.165) is 6.07 Å². The number of hydrogen-bond donors (Lipinski definition) is 1. The van der Waals surface area contributed by atoms with E-state index in [4.69, 9.17) is 0 Å². The highest BCUT2D eigenvalue weighted by Gasteiger charge is 2.28. The van der Waals surface area contributed by atoms with Gasteiger partial charge in [-0.2, -0.15) is 13.2 Å². The molecule has 0 fully saturated rings. The van der Waals surface area contributed by atoms with Gasteiger partial charge in [0.05, 0.1) is 16.2 Å². The molecule has 24 heavy (non-hydrogen) atoms. The molecule has 1 heterocycles. The molecular formula is C14H10F3N3O3S. The zero-order chi connectivity index (χ0) is 17.7. The Hall–Kier alpha value is -2.62. The molecule has 0 atom stereocenters. The number of nitrogens with one attached hydrogen (secondary N) is 1. The Balaban J connectivity index is 2.18. The van der Waals surface area contributed by atoms with E-state index in [1.807, 2.05) is 0 Å². The highest BCUT2D eigenvalue weighted by Crippen LogP contribution is 2.28. The van der Waals surface area contributed by atoms with Crippen LogP contribution in [-0.4, -0.2) is 27.7 Å². The number of hydrogen-bond acceptors (Lipinski definition) is 5. The second-order valence-corrected chi connectivity index (χ2v) is 5.49. The van der Waals surface area contributed by atoms with Crippen molar-refractivity contribution >= 4 is 29.0 Å². The first-order valence-electron chi connectivity index (χ1n) is 6.46. The van der Waals surface area contributed by atoms with Gasteiger partial charge in [-0.05, 0) is 18.2 Å². The predicted octanol–water partition coefficient (Wildman–Crippen LogP) is 3.90. The van der Waals surface area contributed by atoms with Crippen LogP contribution < -0.4 is 5.32 Å². The van der Waals surface area contributed by atoms with Gasteiger partial charge < -0.3 is 5.32 Å². The molecule has 1 aromatic carbocycles. The number of aromatic nitrogens is 1. The fourth-order valence-corrected chi connectivity index (χ4v) is 2.48. The number of anilines is 1. The highest BCUT2D eigenvalue weighted by molar-refractivity contribution is 7.99. The van der Waals surface area contributed by atoms with Gasteiger partial charge in [-0.1, -0.05) is 17.8 Å². The van der Waals surface area contributed by atoms with Crippen molar-refractivity contribution in [3.8, 4) is 0 Å².